The number of hydrogen-bond acceptors (Lipinski definition) is 3. The molecule has 19 heavy (non-hydrogen) atoms. The number of sulfonamides is 1. The number of anilines is 1. The molecule has 0 radical (unpaired) electrons. The first kappa shape index (κ1) is 16.8. The average Bonchev–Trinajstić information content (AvgIpc) is 2.32. The summed E-state index contributed by atoms with van der Waals surface area (Å²) < 4.78 is 27.9. The van der Waals surface area contributed by atoms with Gasteiger partial charge in [-0.25, -0.2) is 13.1 Å². The molecule has 1 rings (SSSR count). The lowest BCUT2D eigenvalue weighted by Crippen LogP contribution is -2.44. The summed E-state index contributed by atoms with van der Waals surface area (Å²) in [4.78, 5) is 0.0608. The third-order valence-corrected chi connectivity index (χ3v) is 6.29. The molecule has 0 saturated carbocycles. The molecular formula is C12H18BrClN2O2S. The van der Waals surface area contributed by atoms with Crippen LogP contribution in [0, 0.1) is 0 Å². The van der Waals surface area contributed by atoms with Crippen molar-refractivity contribution in [2.45, 2.75) is 44.0 Å². The first-order valence-corrected chi connectivity index (χ1v) is 8.59. The van der Waals surface area contributed by atoms with Gasteiger partial charge in [-0.1, -0.05) is 25.4 Å². The van der Waals surface area contributed by atoms with Crippen LogP contribution in [0.25, 0.3) is 0 Å². The minimum atomic E-state index is -3.68. The number of nitrogen functional groups attached to an aromatic ring is 1. The van der Waals surface area contributed by atoms with Crippen molar-refractivity contribution in [1.29, 1.82) is 0 Å². The minimum absolute atomic E-state index is 0.0608. The quantitative estimate of drug-likeness (QED) is 0.780. The van der Waals surface area contributed by atoms with Crippen LogP contribution in [-0.2, 0) is 10.0 Å². The molecule has 0 bridgehead atoms. The summed E-state index contributed by atoms with van der Waals surface area (Å²) in [5.74, 6) is 0. The fraction of sp³-hybridized carbons (Fsp3) is 0.500. The van der Waals surface area contributed by atoms with Gasteiger partial charge >= 0.3 is 0 Å². The maximum absolute atomic E-state index is 12.4. The van der Waals surface area contributed by atoms with Crippen LogP contribution in [0.2, 0.25) is 5.02 Å². The van der Waals surface area contributed by atoms with E-state index >= 15 is 0 Å². The van der Waals surface area contributed by atoms with Crippen molar-refractivity contribution in [2.75, 3.05) is 5.73 Å². The molecule has 0 saturated heterocycles. The van der Waals surface area contributed by atoms with Crippen molar-refractivity contribution in [3.05, 3.63) is 21.6 Å². The molecule has 0 atom stereocenters. The van der Waals surface area contributed by atoms with E-state index in [9.17, 15) is 8.42 Å². The van der Waals surface area contributed by atoms with Gasteiger partial charge in [0.1, 0.15) is 0 Å². The molecule has 0 amide bonds. The van der Waals surface area contributed by atoms with Crippen molar-refractivity contribution in [2.24, 2.45) is 0 Å². The standard InChI is InChI=1S/C12H18BrClN2O2S/c1-4-12(3,5-2)16-19(17,18)10-7-8(14)6-9(15)11(10)13/h6-7,16H,4-5,15H2,1-3H3. The zero-order valence-corrected chi connectivity index (χ0v) is 14.3. The highest BCUT2D eigenvalue weighted by Gasteiger charge is 2.29. The summed E-state index contributed by atoms with van der Waals surface area (Å²) in [6.45, 7) is 5.74. The summed E-state index contributed by atoms with van der Waals surface area (Å²) >= 11 is 9.07. The van der Waals surface area contributed by atoms with E-state index in [0.717, 1.165) is 0 Å². The van der Waals surface area contributed by atoms with Crippen LogP contribution < -0.4 is 10.5 Å². The molecule has 0 spiro atoms. The SMILES string of the molecule is CCC(C)(CC)NS(=O)(=O)c1cc(Cl)cc(N)c1Br. The van der Waals surface area contributed by atoms with E-state index < -0.39 is 15.6 Å². The van der Waals surface area contributed by atoms with Gasteiger partial charge in [0.25, 0.3) is 0 Å². The molecule has 0 unspecified atom stereocenters. The van der Waals surface area contributed by atoms with E-state index in [2.05, 4.69) is 20.7 Å². The normalized spacial score (nSPS) is 12.7. The van der Waals surface area contributed by atoms with Gasteiger partial charge in [-0.05, 0) is 47.8 Å². The highest BCUT2D eigenvalue weighted by atomic mass is 79.9. The van der Waals surface area contributed by atoms with Crippen LogP contribution in [0.5, 0.6) is 0 Å². The van der Waals surface area contributed by atoms with Gasteiger partial charge in [0.2, 0.25) is 10.0 Å². The Morgan fingerprint density at radius 3 is 2.37 bits per heavy atom. The molecule has 0 fully saturated rings. The van der Waals surface area contributed by atoms with Crippen LogP contribution in [0.3, 0.4) is 0 Å². The Hall–Kier alpha value is -0.300. The van der Waals surface area contributed by atoms with E-state index in [1.54, 1.807) is 0 Å². The second-order valence-electron chi connectivity index (χ2n) is 4.68. The van der Waals surface area contributed by atoms with Gasteiger partial charge in [-0.3, -0.25) is 0 Å². The maximum atomic E-state index is 12.4. The Bertz CT molecular complexity index is 571. The second-order valence-corrected chi connectivity index (χ2v) is 7.56. The van der Waals surface area contributed by atoms with Gasteiger partial charge in [-0.2, -0.15) is 0 Å². The molecule has 0 aliphatic rings. The summed E-state index contributed by atoms with van der Waals surface area (Å²) in [7, 11) is -3.68. The monoisotopic (exact) mass is 368 g/mol. The third kappa shape index (κ3) is 3.84. The van der Waals surface area contributed by atoms with Crippen LogP contribution in [0.15, 0.2) is 21.5 Å². The number of benzene rings is 1. The molecule has 4 nitrogen and oxygen atoms in total. The Balaban J connectivity index is 3.29. The number of nitrogens with one attached hydrogen (secondary N) is 1. The zero-order valence-electron chi connectivity index (χ0n) is 11.1. The Morgan fingerprint density at radius 2 is 1.89 bits per heavy atom. The largest absolute Gasteiger partial charge is 0.398 e. The van der Waals surface area contributed by atoms with E-state index in [1.807, 2.05) is 20.8 Å². The van der Waals surface area contributed by atoms with E-state index in [1.165, 1.54) is 12.1 Å². The molecule has 0 aliphatic carbocycles. The molecular weight excluding hydrogens is 352 g/mol. The molecule has 3 N–H and O–H groups in total. The molecule has 0 heterocycles. The molecule has 0 aromatic heterocycles. The molecule has 1 aromatic rings. The number of hydrogen-bond donors (Lipinski definition) is 2. The number of nitrogens with two attached hydrogens (primary N) is 1. The summed E-state index contributed by atoms with van der Waals surface area (Å²) in [6.07, 6.45) is 1.38. The number of halogens is 2. The molecule has 0 aliphatic heterocycles. The summed E-state index contributed by atoms with van der Waals surface area (Å²) in [5, 5.41) is 0.288. The first-order chi connectivity index (χ1) is 8.65. The maximum Gasteiger partial charge on any atom is 0.242 e. The summed E-state index contributed by atoms with van der Waals surface area (Å²) in [6, 6.07) is 2.89. The predicted octanol–water partition coefficient (Wildman–Crippen LogP) is 3.54. The van der Waals surface area contributed by atoms with Crippen molar-refractivity contribution in [3.63, 3.8) is 0 Å². The third-order valence-electron chi connectivity index (χ3n) is 3.26. The lowest BCUT2D eigenvalue weighted by Gasteiger charge is -2.28. The van der Waals surface area contributed by atoms with Gasteiger partial charge in [0.05, 0.1) is 9.37 Å². The highest BCUT2D eigenvalue weighted by molar-refractivity contribution is 9.10. The second kappa shape index (κ2) is 5.99. The average molecular weight is 370 g/mol. The molecule has 108 valence electrons. The zero-order chi connectivity index (χ0) is 14.8. The van der Waals surface area contributed by atoms with Gasteiger partial charge in [-0.15, -0.1) is 0 Å². The van der Waals surface area contributed by atoms with Gasteiger partial charge < -0.3 is 5.73 Å². The van der Waals surface area contributed by atoms with E-state index in [4.69, 9.17) is 17.3 Å². The Labute approximate surface area is 127 Å². The smallest absolute Gasteiger partial charge is 0.242 e. The fourth-order valence-corrected chi connectivity index (χ4v) is 4.40. The highest BCUT2D eigenvalue weighted by Crippen LogP contribution is 2.32. The van der Waals surface area contributed by atoms with E-state index in [-0.39, 0.29) is 9.92 Å². The van der Waals surface area contributed by atoms with Crippen molar-refractivity contribution < 1.29 is 8.42 Å². The van der Waals surface area contributed by atoms with Crippen molar-refractivity contribution in [3.8, 4) is 0 Å². The Kier molecular flexibility index (Phi) is 5.28. The minimum Gasteiger partial charge on any atom is -0.398 e. The van der Waals surface area contributed by atoms with Crippen molar-refractivity contribution >= 4 is 43.2 Å². The van der Waals surface area contributed by atoms with Crippen LogP contribution in [-0.4, -0.2) is 14.0 Å². The van der Waals surface area contributed by atoms with Crippen LogP contribution >= 0.6 is 27.5 Å². The number of rotatable bonds is 5. The summed E-state index contributed by atoms with van der Waals surface area (Å²) in [5.41, 5.74) is 5.53. The molecule has 7 heteroatoms. The first-order valence-electron chi connectivity index (χ1n) is 5.93. The fourth-order valence-electron chi connectivity index (χ4n) is 1.55. The lowest BCUT2D eigenvalue weighted by atomic mass is 9.98. The van der Waals surface area contributed by atoms with Crippen molar-refractivity contribution in [1.82, 2.24) is 4.72 Å². The topological polar surface area (TPSA) is 72.2 Å². The Morgan fingerprint density at radius 1 is 1.37 bits per heavy atom. The lowest BCUT2D eigenvalue weighted by molar-refractivity contribution is 0.388. The van der Waals surface area contributed by atoms with Crippen LogP contribution in [0.1, 0.15) is 33.6 Å². The predicted molar refractivity (Wildman–Crippen MR) is 82.9 cm³/mol. The molecule has 1 aromatic carbocycles. The van der Waals surface area contributed by atoms with Crippen LogP contribution in [0.4, 0.5) is 5.69 Å². The van der Waals surface area contributed by atoms with Gasteiger partial charge in [0, 0.05) is 16.2 Å². The van der Waals surface area contributed by atoms with Gasteiger partial charge in [0.15, 0.2) is 0 Å². The van der Waals surface area contributed by atoms with E-state index in [0.29, 0.717) is 23.0 Å².